The minimum Gasteiger partial charge on any atom is -0.508 e. The Morgan fingerprint density at radius 2 is 1.60 bits per heavy atom. The minimum absolute atomic E-state index is 0. The van der Waals surface area contributed by atoms with Crippen molar-refractivity contribution in [1.29, 1.82) is 0 Å². The molecule has 0 radical (unpaired) electrons. The number of aromatic hydroxyl groups is 2. The van der Waals surface area contributed by atoms with Crippen LogP contribution in [-0.4, -0.2) is 10.2 Å². The lowest BCUT2D eigenvalue weighted by Crippen LogP contribution is -2.12. The molecule has 1 aromatic carbocycles. The molecule has 4 heteroatoms. The summed E-state index contributed by atoms with van der Waals surface area (Å²) in [7, 11) is 0. The van der Waals surface area contributed by atoms with Gasteiger partial charge in [0.1, 0.15) is 11.5 Å². The molecule has 0 aliphatic rings. The molecule has 1 aromatic rings. The molecule has 0 aromatic heterocycles. The lowest BCUT2D eigenvalue weighted by atomic mass is 9.97. The molecule has 86 valence electrons. The van der Waals surface area contributed by atoms with Crippen LogP contribution in [0, 0.1) is 5.92 Å². The van der Waals surface area contributed by atoms with Gasteiger partial charge in [-0.3, -0.25) is 0 Å². The molecule has 0 unspecified atom stereocenters. The van der Waals surface area contributed by atoms with E-state index in [2.05, 4.69) is 13.8 Å². The largest absolute Gasteiger partial charge is 0.508 e. The van der Waals surface area contributed by atoms with Crippen LogP contribution in [0.5, 0.6) is 11.5 Å². The van der Waals surface area contributed by atoms with Gasteiger partial charge in [-0.2, -0.15) is 0 Å². The second kappa shape index (κ2) is 5.83. The molecule has 0 saturated heterocycles. The van der Waals surface area contributed by atoms with E-state index in [9.17, 15) is 10.2 Å². The third-order valence-electron chi connectivity index (χ3n) is 2.08. The van der Waals surface area contributed by atoms with E-state index in [-0.39, 0.29) is 29.9 Å². The van der Waals surface area contributed by atoms with Gasteiger partial charge in [0.2, 0.25) is 0 Å². The second-order valence-corrected chi connectivity index (χ2v) is 4.02. The van der Waals surface area contributed by atoms with E-state index in [0.717, 1.165) is 12.0 Å². The van der Waals surface area contributed by atoms with E-state index >= 15 is 0 Å². The highest BCUT2D eigenvalue weighted by molar-refractivity contribution is 5.85. The number of rotatable bonds is 3. The van der Waals surface area contributed by atoms with Crippen molar-refractivity contribution in [3.05, 3.63) is 23.8 Å². The van der Waals surface area contributed by atoms with Gasteiger partial charge >= 0.3 is 0 Å². The number of hydrogen-bond acceptors (Lipinski definition) is 3. The van der Waals surface area contributed by atoms with Crippen LogP contribution >= 0.6 is 12.4 Å². The van der Waals surface area contributed by atoms with E-state index in [0.29, 0.717) is 5.92 Å². The number of hydrogen-bond donors (Lipinski definition) is 3. The molecule has 15 heavy (non-hydrogen) atoms. The first kappa shape index (κ1) is 14.1. The highest BCUT2D eigenvalue weighted by atomic mass is 35.5. The summed E-state index contributed by atoms with van der Waals surface area (Å²) in [4.78, 5) is 0. The second-order valence-electron chi connectivity index (χ2n) is 4.02. The summed E-state index contributed by atoms with van der Waals surface area (Å²) in [6, 6.07) is 4.35. The van der Waals surface area contributed by atoms with Crippen LogP contribution in [0.25, 0.3) is 0 Å². The Kier molecular flexibility index (Phi) is 5.47. The zero-order chi connectivity index (χ0) is 10.7. The molecule has 1 rings (SSSR count). The summed E-state index contributed by atoms with van der Waals surface area (Å²) >= 11 is 0. The average Bonchev–Trinajstić information content (AvgIpc) is 2.00. The van der Waals surface area contributed by atoms with Crippen LogP contribution < -0.4 is 5.73 Å². The fourth-order valence-corrected chi connectivity index (χ4v) is 1.48. The Hall–Kier alpha value is -0.930. The Morgan fingerprint density at radius 3 is 2.00 bits per heavy atom. The first-order valence-electron chi connectivity index (χ1n) is 4.77. The van der Waals surface area contributed by atoms with Crippen LogP contribution in [0.1, 0.15) is 31.9 Å². The molecular formula is C11H18ClNO2. The fraction of sp³-hybridized carbons (Fsp3) is 0.455. The zero-order valence-corrected chi connectivity index (χ0v) is 9.79. The summed E-state index contributed by atoms with van der Waals surface area (Å²) in [5, 5.41) is 18.5. The molecule has 0 heterocycles. The molecule has 4 N–H and O–H groups in total. The van der Waals surface area contributed by atoms with Gasteiger partial charge in [-0.25, -0.2) is 0 Å². The summed E-state index contributed by atoms with van der Waals surface area (Å²) in [5.74, 6) is 0.605. The van der Waals surface area contributed by atoms with Gasteiger partial charge in [-0.1, -0.05) is 13.8 Å². The zero-order valence-electron chi connectivity index (χ0n) is 8.97. The van der Waals surface area contributed by atoms with E-state index in [1.54, 1.807) is 12.1 Å². The summed E-state index contributed by atoms with van der Waals surface area (Å²) in [6.45, 7) is 4.17. The van der Waals surface area contributed by atoms with Crippen molar-refractivity contribution in [1.82, 2.24) is 0 Å². The first-order chi connectivity index (χ1) is 6.49. The van der Waals surface area contributed by atoms with Gasteiger partial charge in [0, 0.05) is 12.1 Å². The Balaban J connectivity index is 0.00000196. The van der Waals surface area contributed by atoms with Gasteiger partial charge in [0.05, 0.1) is 0 Å². The van der Waals surface area contributed by atoms with Crippen molar-refractivity contribution in [2.75, 3.05) is 0 Å². The number of halogens is 1. The quantitative estimate of drug-likeness (QED) is 0.749. The summed E-state index contributed by atoms with van der Waals surface area (Å²) in [6.07, 6.45) is 0.836. The van der Waals surface area contributed by atoms with Gasteiger partial charge < -0.3 is 15.9 Å². The van der Waals surface area contributed by atoms with Crippen LogP contribution in [0.15, 0.2) is 18.2 Å². The number of benzene rings is 1. The molecule has 0 spiro atoms. The normalized spacial score (nSPS) is 12.3. The molecule has 0 aliphatic heterocycles. The lowest BCUT2D eigenvalue weighted by molar-refractivity contribution is 0.444. The van der Waals surface area contributed by atoms with Crippen molar-refractivity contribution in [2.45, 2.75) is 26.3 Å². The average molecular weight is 232 g/mol. The summed E-state index contributed by atoms with van der Waals surface area (Å²) < 4.78 is 0. The third kappa shape index (κ3) is 4.40. The Labute approximate surface area is 96.3 Å². The van der Waals surface area contributed by atoms with Crippen LogP contribution in [0.2, 0.25) is 0 Å². The maximum absolute atomic E-state index is 9.26. The number of nitrogens with two attached hydrogens (primary N) is 1. The molecule has 0 aliphatic carbocycles. The molecule has 0 fully saturated rings. The first-order valence-corrected chi connectivity index (χ1v) is 4.77. The topological polar surface area (TPSA) is 66.5 Å². The van der Waals surface area contributed by atoms with Gasteiger partial charge in [0.25, 0.3) is 0 Å². The predicted octanol–water partition coefficient (Wildman–Crippen LogP) is 2.57. The standard InChI is InChI=1S/C11H17NO2.ClH/c1-7(2)3-11(12)8-4-9(13)6-10(14)5-8;/h4-7,11,13-14H,3,12H2,1-2H3;1H/t11-;/m1./s1. The molecule has 0 bridgehead atoms. The predicted molar refractivity (Wildman–Crippen MR) is 63.4 cm³/mol. The summed E-state index contributed by atoms with van der Waals surface area (Å²) in [5.41, 5.74) is 6.69. The van der Waals surface area contributed by atoms with E-state index in [1.807, 2.05) is 0 Å². The van der Waals surface area contributed by atoms with Crippen LogP contribution in [0.3, 0.4) is 0 Å². The third-order valence-corrected chi connectivity index (χ3v) is 2.08. The number of phenols is 2. The maximum atomic E-state index is 9.26. The van der Waals surface area contributed by atoms with Gasteiger partial charge in [-0.05, 0) is 30.0 Å². The maximum Gasteiger partial charge on any atom is 0.119 e. The van der Waals surface area contributed by atoms with E-state index < -0.39 is 0 Å². The van der Waals surface area contributed by atoms with Crippen LogP contribution in [-0.2, 0) is 0 Å². The monoisotopic (exact) mass is 231 g/mol. The SMILES string of the molecule is CC(C)C[C@@H](N)c1cc(O)cc(O)c1.Cl. The van der Waals surface area contributed by atoms with Gasteiger partial charge in [-0.15, -0.1) is 12.4 Å². The lowest BCUT2D eigenvalue weighted by Gasteiger charge is -2.14. The smallest absolute Gasteiger partial charge is 0.119 e. The van der Waals surface area contributed by atoms with Crippen molar-refractivity contribution in [3.8, 4) is 11.5 Å². The fourth-order valence-electron chi connectivity index (χ4n) is 1.48. The van der Waals surface area contributed by atoms with E-state index in [1.165, 1.54) is 6.07 Å². The van der Waals surface area contributed by atoms with Gasteiger partial charge in [0.15, 0.2) is 0 Å². The van der Waals surface area contributed by atoms with Crippen molar-refractivity contribution in [3.63, 3.8) is 0 Å². The molecule has 0 amide bonds. The molecule has 0 saturated carbocycles. The van der Waals surface area contributed by atoms with Crippen molar-refractivity contribution < 1.29 is 10.2 Å². The highest BCUT2D eigenvalue weighted by Crippen LogP contribution is 2.26. The Morgan fingerprint density at radius 1 is 1.13 bits per heavy atom. The Bertz CT molecular complexity index is 295. The van der Waals surface area contributed by atoms with E-state index in [4.69, 9.17) is 5.73 Å². The molecule has 3 nitrogen and oxygen atoms in total. The van der Waals surface area contributed by atoms with Crippen LogP contribution in [0.4, 0.5) is 0 Å². The highest BCUT2D eigenvalue weighted by Gasteiger charge is 2.10. The van der Waals surface area contributed by atoms with Crippen molar-refractivity contribution >= 4 is 12.4 Å². The number of phenolic OH excluding ortho intramolecular Hbond substituents is 2. The molecular weight excluding hydrogens is 214 g/mol. The molecule has 1 atom stereocenters. The van der Waals surface area contributed by atoms with Crippen molar-refractivity contribution in [2.24, 2.45) is 11.7 Å². The minimum atomic E-state index is -0.131.